The first-order chi connectivity index (χ1) is 18.7. The Kier molecular flexibility index (Phi) is 6.95. The fraction of sp³-hybridized carbons (Fsp3) is 0.444. The molecule has 6 rings (SSSR count). The fourth-order valence-corrected chi connectivity index (χ4v) is 6.92. The van der Waals surface area contributed by atoms with E-state index in [4.69, 9.17) is 22.4 Å². The highest BCUT2D eigenvalue weighted by Crippen LogP contribution is 2.42. The zero-order chi connectivity index (χ0) is 27.4. The minimum Gasteiger partial charge on any atom is -0.375 e. The van der Waals surface area contributed by atoms with Crippen LogP contribution in [0.3, 0.4) is 0 Å². The Labute approximate surface area is 233 Å². The van der Waals surface area contributed by atoms with Crippen LogP contribution in [-0.2, 0) is 6.54 Å². The lowest BCUT2D eigenvalue weighted by Crippen LogP contribution is -2.40. The number of hydrogen-bond donors (Lipinski definition) is 2. The van der Waals surface area contributed by atoms with E-state index in [0.29, 0.717) is 42.7 Å². The number of thiazole rings is 1. The van der Waals surface area contributed by atoms with Gasteiger partial charge in [0.1, 0.15) is 11.6 Å². The smallest absolute Gasteiger partial charge is 0.277 e. The molecule has 0 radical (unpaired) electrons. The van der Waals surface area contributed by atoms with E-state index in [0.717, 1.165) is 43.8 Å². The van der Waals surface area contributed by atoms with E-state index in [1.165, 1.54) is 16.8 Å². The first-order valence-corrected chi connectivity index (χ1v) is 14.3. The summed E-state index contributed by atoms with van der Waals surface area (Å²) in [6.45, 7) is 3.59. The van der Waals surface area contributed by atoms with Gasteiger partial charge in [0.15, 0.2) is 10.9 Å². The minimum absolute atomic E-state index is 0.00477. The lowest BCUT2D eigenvalue weighted by Gasteiger charge is -2.28. The summed E-state index contributed by atoms with van der Waals surface area (Å²) in [4.78, 5) is 22.2. The third-order valence-corrected chi connectivity index (χ3v) is 8.93. The van der Waals surface area contributed by atoms with Crippen molar-refractivity contribution in [2.45, 2.75) is 31.8 Å². The van der Waals surface area contributed by atoms with E-state index in [-0.39, 0.29) is 36.9 Å². The van der Waals surface area contributed by atoms with Crippen LogP contribution < -0.4 is 21.5 Å². The Morgan fingerprint density at radius 1 is 1.31 bits per heavy atom. The highest BCUT2D eigenvalue weighted by atomic mass is 35.5. The van der Waals surface area contributed by atoms with Gasteiger partial charge in [-0.2, -0.15) is 5.10 Å². The first-order valence-electron chi connectivity index (χ1n) is 13.1. The molecular weight excluding hydrogens is 544 g/mol. The van der Waals surface area contributed by atoms with Gasteiger partial charge in [-0.1, -0.05) is 22.9 Å². The van der Waals surface area contributed by atoms with Crippen molar-refractivity contribution < 1.29 is 8.78 Å². The standard InChI is InChI=1S/C27H30ClF2N7OS/c1-35(2)7-3-8-37-26(38)21-17(25(34-37)36-9-6-14-10-15(13-36)32-12-14)11-18(28)20(22(21)30)16-4-5-19(29)24-23(16)33-27(31)39-24/h4-5,11,14-15,32H,3,6-10,12-13H2,1-2H3,(H2,31,33). The second-order valence-corrected chi connectivity index (χ2v) is 12.2. The fourth-order valence-electron chi connectivity index (χ4n) is 5.86. The molecule has 12 heteroatoms. The predicted molar refractivity (Wildman–Crippen MR) is 154 cm³/mol. The molecular formula is C27H30ClF2N7OS. The number of fused-ring (bicyclic) bond motifs is 4. The van der Waals surface area contributed by atoms with Crippen molar-refractivity contribution in [2.75, 3.05) is 50.9 Å². The molecule has 2 saturated heterocycles. The normalized spacial score (nSPS) is 19.5. The second-order valence-electron chi connectivity index (χ2n) is 10.7. The lowest BCUT2D eigenvalue weighted by atomic mass is 9.99. The lowest BCUT2D eigenvalue weighted by molar-refractivity contribution is 0.377. The molecule has 2 fully saturated rings. The summed E-state index contributed by atoms with van der Waals surface area (Å²) in [7, 11) is 3.92. The van der Waals surface area contributed by atoms with Crippen molar-refractivity contribution in [2.24, 2.45) is 5.92 Å². The van der Waals surface area contributed by atoms with Gasteiger partial charge in [-0.05, 0) is 70.6 Å². The van der Waals surface area contributed by atoms with Crippen LogP contribution in [0.1, 0.15) is 19.3 Å². The van der Waals surface area contributed by atoms with Gasteiger partial charge in [-0.15, -0.1) is 0 Å². The van der Waals surface area contributed by atoms with Crippen LogP contribution in [0.4, 0.5) is 19.7 Å². The molecule has 4 aromatic rings. The SMILES string of the molecule is CN(C)CCCn1nc(N2CCC3CNC(C3)C2)c2cc(Cl)c(-c3ccc(F)c4sc(N)nc34)c(F)c2c1=O. The Morgan fingerprint density at radius 2 is 2.13 bits per heavy atom. The molecule has 0 saturated carbocycles. The number of nitrogens with zero attached hydrogens (tertiary/aromatic N) is 5. The Morgan fingerprint density at radius 3 is 2.92 bits per heavy atom. The number of aromatic nitrogens is 3. The molecule has 39 heavy (non-hydrogen) atoms. The molecule has 206 valence electrons. The molecule has 2 aromatic heterocycles. The Bertz CT molecular complexity index is 1640. The van der Waals surface area contributed by atoms with Crippen LogP contribution in [-0.4, -0.2) is 66.0 Å². The van der Waals surface area contributed by atoms with E-state index < -0.39 is 17.2 Å². The van der Waals surface area contributed by atoms with Crippen LogP contribution in [0.5, 0.6) is 0 Å². The van der Waals surface area contributed by atoms with E-state index in [1.54, 1.807) is 6.07 Å². The molecule has 2 aliphatic rings. The highest BCUT2D eigenvalue weighted by molar-refractivity contribution is 7.22. The third kappa shape index (κ3) is 4.75. The van der Waals surface area contributed by atoms with Gasteiger partial charge in [0.2, 0.25) is 0 Å². The van der Waals surface area contributed by atoms with Crippen molar-refractivity contribution >= 4 is 54.9 Å². The topological polar surface area (TPSA) is 92.3 Å². The molecule has 2 aromatic carbocycles. The largest absolute Gasteiger partial charge is 0.375 e. The quantitative estimate of drug-likeness (QED) is 0.355. The van der Waals surface area contributed by atoms with Gasteiger partial charge in [-0.3, -0.25) is 4.79 Å². The van der Waals surface area contributed by atoms with Gasteiger partial charge < -0.3 is 20.9 Å². The number of nitrogens with one attached hydrogen (secondary N) is 1. The van der Waals surface area contributed by atoms with E-state index in [9.17, 15) is 9.18 Å². The highest BCUT2D eigenvalue weighted by Gasteiger charge is 2.32. The maximum atomic E-state index is 16.6. The Hall–Kier alpha value is -2.86. The average Bonchev–Trinajstić information content (AvgIpc) is 3.43. The van der Waals surface area contributed by atoms with E-state index in [2.05, 4.69) is 15.2 Å². The van der Waals surface area contributed by atoms with Gasteiger partial charge >= 0.3 is 0 Å². The van der Waals surface area contributed by atoms with E-state index in [1.807, 2.05) is 19.0 Å². The number of benzene rings is 2. The van der Waals surface area contributed by atoms with Crippen molar-refractivity contribution in [1.82, 2.24) is 25.0 Å². The molecule has 2 bridgehead atoms. The first kappa shape index (κ1) is 26.4. The molecule has 0 amide bonds. The van der Waals surface area contributed by atoms with Crippen molar-refractivity contribution in [3.8, 4) is 11.1 Å². The van der Waals surface area contributed by atoms with E-state index >= 15 is 4.39 Å². The van der Waals surface area contributed by atoms with Crippen molar-refractivity contribution in [3.05, 3.63) is 45.2 Å². The van der Waals surface area contributed by atoms with Gasteiger partial charge in [-0.25, -0.2) is 18.4 Å². The number of anilines is 2. The maximum absolute atomic E-state index is 16.6. The summed E-state index contributed by atoms with van der Waals surface area (Å²) in [5.74, 6) is -0.116. The number of nitrogen functional groups attached to an aromatic ring is 1. The monoisotopic (exact) mass is 573 g/mol. The summed E-state index contributed by atoms with van der Waals surface area (Å²) in [5.41, 5.74) is 5.85. The Balaban J connectivity index is 1.57. The summed E-state index contributed by atoms with van der Waals surface area (Å²) >= 11 is 7.73. The molecule has 2 aliphatic heterocycles. The van der Waals surface area contributed by atoms with Crippen LogP contribution in [0.2, 0.25) is 5.02 Å². The summed E-state index contributed by atoms with van der Waals surface area (Å²) in [6.07, 6.45) is 2.75. The number of aryl methyl sites for hydroxylation is 1. The zero-order valence-corrected chi connectivity index (χ0v) is 23.4. The van der Waals surface area contributed by atoms with Crippen LogP contribution >= 0.6 is 22.9 Å². The van der Waals surface area contributed by atoms with Gasteiger partial charge in [0, 0.05) is 42.2 Å². The number of rotatable bonds is 6. The summed E-state index contributed by atoms with van der Waals surface area (Å²) in [5, 5.41) is 8.90. The molecule has 4 heterocycles. The maximum Gasteiger partial charge on any atom is 0.277 e. The van der Waals surface area contributed by atoms with Crippen molar-refractivity contribution in [3.63, 3.8) is 0 Å². The number of nitrogens with two attached hydrogens (primary N) is 1. The molecule has 3 N–H and O–H groups in total. The summed E-state index contributed by atoms with van der Waals surface area (Å²) < 4.78 is 32.7. The van der Waals surface area contributed by atoms with Crippen molar-refractivity contribution in [1.29, 1.82) is 0 Å². The number of halogens is 3. The predicted octanol–water partition coefficient (Wildman–Crippen LogP) is 4.33. The molecule has 2 atom stereocenters. The molecule has 0 aliphatic carbocycles. The second kappa shape index (κ2) is 10.3. The molecule has 8 nitrogen and oxygen atoms in total. The third-order valence-electron chi connectivity index (χ3n) is 7.74. The van der Waals surface area contributed by atoms with Crippen LogP contribution in [0, 0.1) is 17.6 Å². The average molecular weight is 574 g/mol. The van der Waals surface area contributed by atoms with Crippen LogP contribution in [0.25, 0.3) is 32.1 Å². The minimum atomic E-state index is -0.763. The van der Waals surface area contributed by atoms with Gasteiger partial charge in [0.25, 0.3) is 5.56 Å². The molecule has 0 spiro atoms. The van der Waals surface area contributed by atoms with Gasteiger partial charge in [0.05, 0.1) is 20.6 Å². The summed E-state index contributed by atoms with van der Waals surface area (Å²) in [6, 6.07) is 4.60. The molecule has 2 unspecified atom stereocenters. The zero-order valence-electron chi connectivity index (χ0n) is 21.8. The number of hydrogen-bond acceptors (Lipinski definition) is 8. The van der Waals surface area contributed by atoms with Crippen LogP contribution in [0.15, 0.2) is 23.0 Å².